The topological polar surface area (TPSA) is 30.5 Å². The summed E-state index contributed by atoms with van der Waals surface area (Å²) >= 11 is 0. The minimum Gasteiger partial charge on any atom is -0.494 e. The maximum atomic E-state index is 5.61. The molecule has 1 aromatic rings. The fourth-order valence-corrected chi connectivity index (χ4v) is 1.45. The van der Waals surface area contributed by atoms with E-state index in [4.69, 9.17) is 9.47 Å². The van der Waals surface area contributed by atoms with Gasteiger partial charge in [0.05, 0.1) is 6.61 Å². The fourth-order valence-electron chi connectivity index (χ4n) is 1.45. The van der Waals surface area contributed by atoms with Gasteiger partial charge in [-0.15, -0.1) is 0 Å². The van der Waals surface area contributed by atoms with Crippen LogP contribution in [0, 0.1) is 0 Å². The number of methoxy groups -OCH3 is 1. The van der Waals surface area contributed by atoms with Crippen molar-refractivity contribution in [3.8, 4) is 5.75 Å². The quantitative estimate of drug-likeness (QED) is 0.685. The second-order valence-corrected chi connectivity index (χ2v) is 3.72. The number of rotatable bonds is 8. The average molecular weight is 223 g/mol. The third kappa shape index (κ3) is 5.14. The van der Waals surface area contributed by atoms with E-state index in [1.807, 2.05) is 19.2 Å². The van der Waals surface area contributed by atoms with Crippen molar-refractivity contribution in [3.63, 3.8) is 0 Å². The van der Waals surface area contributed by atoms with Crippen molar-refractivity contribution >= 4 is 0 Å². The second-order valence-electron chi connectivity index (χ2n) is 3.72. The van der Waals surface area contributed by atoms with Crippen LogP contribution in [0.1, 0.15) is 18.4 Å². The predicted octanol–water partition coefficient (Wildman–Crippen LogP) is 2.21. The predicted molar refractivity (Wildman–Crippen MR) is 65.8 cm³/mol. The smallest absolute Gasteiger partial charge is 0.119 e. The largest absolute Gasteiger partial charge is 0.494 e. The molecule has 1 rings (SSSR count). The summed E-state index contributed by atoms with van der Waals surface area (Å²) in [5.41, 5.74) is 1.27. The number of nitrogens with one attached hydrogen (secondary N) is 1. The minimum absolute atomic E-state index is 0.759. The van der Waals surface area contributed by atoms with Gasteiger partial charge in [0.1, 0.15) is 5.75 Å². The van der Waals surface area contributed by atoms with Crippen molar-refractivity contribution in [2.24, 2.45) is 0 Å². The molecule has 90 valence electrons. The van der Waals surface area contributed by atoms with E-state index in [1.54, 1.807) is 7.11 Å². The lowest BCUT2D eigenvalue weighted by Gasteiger charge is -2.07. The molecular formula is C13H21NO2. The highest BCUT2D eigenvalue weighted by atomic mass is 16.5. The van der Waals surface area contributed by atoms with Crippen LogP contribution in [0.25, 0.3) is 0 Å². The fraction of sp³-hybridized carbons (Fsp3) is 0.538. The summed E-state index contributed by atoms with van der Waals surface area (Å²) < 4.78 is 10.6. The van der Waals surface area contributed by atoms with Gasteiger partial charge in [0.15, 0.2) is 0 Å². The van der Waals surface area contributed by atoms with Crippen LogP contribution < -0.4 is 10.1 Å². The van der Waals surface area contributed by atoms with Gasteiger partial charge in [-0.3, -0.25) is 0 Å². The normalized spacial score (nSPS) is 10.4. The van der Waals surface area contributed by atoms with Gasteiger partial charge in [-0.05, 0) is 37.6 Å². The van der Waals surface area contributed by atoms with Crippen LogP contribution in [0.15, 0.2) is 24.3 Å². The average Bonchev–Trinajstić information content (AvgIpc) is 2.31. The first-order valence-corrected chi connectivity index (χ1v) is 5.72. The van der Waals surface area contributed by atoms with E-state index in [0.29, 0.717) is 0 Å². The Balaban J connectivity index is 2.21. The molecular weight excluding hydrogens is 202 g/mol. The third-order valence-electron chi connectivity index (χ3n) is 2.32. The SMILES string of the molecule is CNCc1ccc(OCCCCOC)cc1. The summed E-state index contributed by atoms with van der Waals surface area (Å²) in [4.78, 5) is 0. The van der Waals surface area contributed by atoms with Crippen LogP contribution >= 0.6 is 0 Å². The van der Waals surface area contributed by atoms with Crippen LogP contribution in [-0.2, 0) is 11.3 Å². The van der Waals surface area contributed by atoms with Gasteiger partial charge >= 0.3 is 0 Å². The Kier molecular flexibility index (Phi) is 6.61. The van der Waals surface area contributed by atoms with Gasteiger partial charge < -0.3 is 14.8 Å². The number of hydrogen-bond acceptors (Lipinski definition) is 3. The lowest BCUT2D eigenvalue weighted by Crippen LogP contribution is -2.05. The van der Waals surface area contributed by atoms with Crippen molar-refractivity contribution in [1.29, 1.82) is 0 Å². The van der Waals surface area contributed by atoms with Gasteiger partial charge in [-0.25, -0.2) is 0 Å². The van der Waals surface area contributed by atoms with Crippen molar-refractivity contribution < 1.29 is 9.47 Å². The molecule has 0 spiro atoms. The van der Waals surface area contributed by atoms with Crippen molar-refractivity contribution in [2.75, 3.05) is 27.4 Å². The Bertz CT molecular complexity index is 272. The molecule has 0 radical (unpaired) electrons. The Morgan fingerprint density at radius 2 is 1.75 bits per heavy atom. The Morgan fingerprint density at radius 1 is 1.06 bits per heavy atom. The van der Waals surface area contributed by atoms with Gasteiger partial charge in [0.2, 0.25) is 0 Å². The summed E-state index contributed by atoms with van der Waals surface area (Å²) in [6, 6.07) is 8.20. The molecule has 0 aliphatic carbocycles. The maximum Gasteiger partial charge on any atom is 0.119 e. The summed E-state index contributed by atoms with van der Waals surface area (Å²) in [6.45, 7) is 2.47. The molecule has 0 heterocycles. The molecule has 0 aliphatic rings. The molecule has 0 saturated carbocycles. The van der Waals surface area contributed by atoms with E-state index < -0.39 is 0 Å². The van der Waals surface area contributed by atoms with Crippen LogP contribution in [0.4, 0.5) is 0 Å². The molecule has 0 amide bonds. The Morgan fingerprint density at radius 3 is 2.38 bits per heavy atom. The van der Waals surface area contributed by atoms with E-state index in [0.717, 1.165) is 38.3 Å². The van der Waals surface area contributed by atoms with Crippen LogP contribution in [0.2, 0.25) is 0 Å². The Labute approximate surface area is 97.8 Å². The maximum absolute atomic E-state index is 5.61. The number of benzene rings is 1. The van der Waals surface area contributed by atoms with Crippen molar-refractivity contribution in [1.82, 2.24) is 5.32 Å². The van der Waals surface area contributed by atoms with Gasteiger partial charge in [-0.1, -0.05) is 12.1 Å². The summed E-state index contributed by atoms with van der Waals surface area (Å²) in [6.07, 6.45) is 2.08. The summed E-state index contributed by atoms with van der Waals surface area (Å²) in [5, 5.41) is 3.12. The highest BCUT2D eigenvalue weighted by molar-refractivity contribution is 5.27. The second kappa shape index (κ2) is 8.13. The molecule has 0 bridgehead atoms. The molecule has 3 heteroatoms. The zero-order valence-corrected chi connectivity index (χ0v) is 10.2. The molecule has 0 aliphatic heterocycles. The first-order valence-electron chi connectivity index (χ1n) is 5.72. The standard InChI is InChI=1S/C13H21NO2/c1-14-11-12-5-7-13(8-6-12)16-10-4-3-9-15-2/h5-8,14H,3-4,9-11H2,1-2H3. The highest BCUT2D eigenvalue weighted by Gasteiger charge is 1.95. The zero-order chi connectivity index (χ0) is 11.6. The molecule has 1 aromatic carbocycles. The zero-order valence-electron chi connectivity index (χ0n) is 10.2. The van der Waals surface area contributed by atoms with E-state index in [-0.39, 0.29) is 0 Å². The van der Waals surface area contributed by atoms with Gasteiger partial charge in [0.25, 0.3) is 0 Å². The molecule has 3 nitrogen and oxygen atoms in total. The van der Waals surface area contributed by atoms with E-state index >= 15 is 0 Å². The third-order valence-corrected chi connectivity index (χ3v) is 2.32. The number of hydrogen-bond donors (Lipinski definition) is 1. The van der Waals surface area contributed by atoms with Gasteiger partial charge in [0, 0.05) is 20.3 Å². The highest BCUT2D eigenvalue weighted by Crippen LogP contribution is 2.12. The minimum atomic E-state index is 0.759. The molecule has 16 heavy (non-hydrogen) atoms. The molecule has 0 unspecified atom stereocenters. The van der Waals surface area contributed by atoms with Crippen LogP contribution in [0.3, 0.4) is 0 Å². The Hall–Kier alpha value is -1.06. The monoisotopic (exact) mass is 223 g/mol. The first-order chi connectivity index (χ1) is 7.86. The molecule has 1 N–H and O–H groups in total. The molecule has 0 fully saturated rings. The lowest BCUT2D eigenvalue weighted by molar-refractivity contribution is 0.184. The van der Waals surface area contributed by atoms with Crippen LogP contribution in [-0.4, -0.2) is 27.4 Å². The van der Waals surface area contributed by atoms with E-state index in [1.165, 1.54) is 5.56 Å². The molecule has 0 atom stereocenters. The lowest BCUT2D eigenvalue weighted by atomic mass is 10.2. The number of ether oxygens (including phenoxy) is 2. The van der Waals surface area contributed by atoms with E-state index in [2.05, 4.69) is 17.4 Å². The van der Waals surface area contributed by atoms with E-state index in [9.17, 15) is 0 Å². The van der Waals surface area contributed by atoms with Crippen LogP contribution in [0.5, 0.6) is 5.75 Å². The molecule has 0 saturated heterocycles. The number of unbranched alkanes of at least 4 members (excludes halogenated alkanes) is 1. The summed E-state index contributed by atoms with van der Waals surface area (Å²) in [5.74, 6) is 0.942. The van der Waals surface area contributed by atoms with Crippen molar-refractivity contribution in [2.45, 2.75) is 19.4 Å². The van der Waals surface area contributed by atoms with Crippen molar-refractivity contribution in [3.05, 3.63) is 29.8 Å². The van der Waals surface area contributed by atoms with Gasteiger partial charge in [-0.2, -0.15) is 0 Å². The summed E-state index contributed by atoms with van der Waals surface area (Å²) in [7, 11) is 3.67. The first kappa shape index (κ1) is 13.0. The molecule has 0 aromatic heterocycles.